The largest absolute Gasteiger partial charge is 0.378 e. The first kappa shape index (κ1) is 14.5. The second-order valence-corrected chi connectivity index (χ2v) is 6.81. The molecule has 0 N–H and O–H groups in total. The summed E-state index contributed by atoms with van der Waals surface area (Å²) in [6.45, 7) is 7.82. The molecule has 0 aliphatic heterocycles. The van der Waals surface area contributed by atoms with Crippen LogP contribution < -0.4 is 0 Å². The van der Waals surface area contributed by atoms with Gasteiger partial charge < -0.3 is 4.74 Å². The van der Waals surface area contributed by atoms with E-state index in [1.807, 2.05) is 0 Å². The maximum absolute atomic E-state index is 6.11. The lowest BCUT2D eigenvalue weighted by Gasteiger charge is -2.30. The van der Waals surface area contributed by atoms with Crippen molar-refractivity contribution in [2.75, 3.05) is 11.9 Å². The van der Waals surface area contributed by atoms with Crippen molar-refractivity contribution in [1.82, 2.24) is 0 Å². The van der Waals surface area contributed by atoms with E-state index in [-0.39, 0.29) is 0 Å². The summed E-state index contributed by atoms with van der Waals surface area (Å²) >= 11 is 3.61. The topological polar surface area (TPSA) is 9.23 Å². The van der Waals surface area contributed by atoms with E-state index in [1.165, 1.54) is 38.5 Å². The van der Waals surface area contributed by atoms with Crippen LogP contribution in [0.4, 0.5) is 0 Å². The third-order valence-electron chi connectivity index (χ3n) is 3.75. The van der Waals surface area contributed by atoms with Crippen molar-refractivity contribution in [2.45, 2.75) is 65.4 Å². The molecular formula is C14H27BrO. The van der Waals surface area contributed by atoms with Crippen LogP contribution in [0.15, 0.2) is 0 Å². The van der Waals surface area contributed by atoms with Gasteiger partial charge in [0, 0.05) is 5.33 Å². The van der Waals surface area contributed by atoms with Gasteiger partial charge in [0.05, 0.1) is 12.7 Å². The van der Waals surface area contributed by atoms with Gasteiger partial charge in [-0.15, -0.1) is 0 Å². The molecule has 1 aliphatic carbocycles. The molecule has 0 spiro atoms. The van der Waals surface area contributed by atoms with Crippen molar-refractivity contribution in [2.24, 2.45) is 11.3 Å². The molecule has 1 nitrogen and oxygen atoms in total. The van der Waals surface area contributed by atoms with Crippen molar-refractivity contribution in [1.29, 1.82) is 0 Å². The Morgan fingerprint density at radius 3 is 2.12 bits per heavy atom. The fourth-order valence-electron chi connectivity index (χ4n) is 2.19. The molecule has 0 radical (unpaired) electrons. The van der Waals surface area contributed by atoms with Gasteiger partial charge in [-0.25, -0.2) is 0 Å². The van der Waals surface area contributed by atoms with Crippen LogP contribution in [-0.2, 0) is 4.74 Å². The Labute approximate surface area is 109 Å². The van der Waals surface area contributed by atoms with Crippen molar-refractivity contribution in [3.63, 3.8) is 0 Å². The molecule has 0 heterocycles. The van der Waals surface area contributed by atoms with Crippen LogP contribution in [0.5, 0.6) is 0 Å². The first-order chi connectivity index (χ1) is 7.54. The third kappa shape index (κ3) is 5.18. The van der Waals surface area contributed by atoms with Gasteiger partial charge in [-0.3, -0.25) is 0 Å². The maximum atomic E-state index is 6.11. The van der Waals surface area contributed by atoms with E-state index in [0.29, 0.717) is 17.4 Å². The van der Waals surface area contributed by atoms with Crippen LogP contribution in [0, 0.1) is 11.3 Å². The summed E-state index contributed by atoms with van der Waals surface area (Å²) < 4.78 is 6.11. The smallest absolute Gasteiger partial charge is 0.0575 e. The lowest BCUT2D eigenvalue weighted by atomic mass is 9.82. The average molecular weight is 291 g/mol. The first-order valence-corrected chi connectivity index (χ1v) is 7.83. The van der Waals surface area contributed by atoms with E-state index in [1.54, 1.807) is 0 Å². The molecule has 0 aromatic heterocycles. The molecule has 1 aliphatic rings. The second-order valence-electron chi connectivity index (χ2n) is 6.16. The second kappa shape index (κ2) is 7.00. The average Bonchev–Trinajstić information content (AvgIpc) is 2.45. The highest BCUT2D eigenvalue weighted by Crippen LogP contribution is 2.29. The van der Waals surface area contributed by atoms with Gasteiger partial charge in [0.15, 0.2) is 0 Å². The molecule has 1 rings (SSSR count). The van der Waals surface area contributed by atoms with Crippen LogP contribution in [0.2, 0.25) is 0 Å². The molecule has 1 fully saturated rings. The first-order valence-electron chi connectivity index (χ1n) is 6.71. The minimum atomic E-state index is 0.341. The molecule has 1 unspecified atom stereocenters. The maximum Gasteiger partial charge on any atom is 0.0575 e. The van der Waals surface area contributed by atoms with Gasteiger partial charge in [0.25, 0.3) is 0 Å². The molecular weight excluding hydrogens is 264 g/mol. The molecule has 0 bridgehead atoms. The van der Waals surface area contributed by atoms with E-state index in [9.17, 15) is 0 Å². The van der Waals surface area contributed by atoms with Gasteiger partial charge in [-0.2, -0.15) is 0 Å². The zero-order valence-corrected chi connectivity index (χ0v) is 12.7. The summed E-state index contributed by atoms with van der Waals surface area (Å²) in [6.07, 6.45) is 8.62. The number of ether oxygens (including phenoxy) is 1. The Morgan fingerprint density at radius 2 is 1.69 bits per heavy atom. The molecule has 0 amide bonds. The lowest BCUT2D eigenvalue weighted by Crippen LogP contribution is -2.29. The summed E-state index contributed by atoms with van der Waals surface area (Å²) in [5.41, 5.74) is 0.341. The van der Waals surface area contributed by atoms with E-state index in [0.717, 1.165) is 11.9 Å². The van der Waals surface area contributed by atoms with Crippen molar-refractivity contribution in [3.8, 4) is 0 Å². The number of rotatable bonds is 4. The number of hydrogen-bond donors (Lipinski definition) is 0. The monoisotopic (exact) mass is 290 g/mol. The van der Waals surface area contributed by atoms with Gasteiger partial charge in [-0.1, -0.05) is 62.4 Å². The summed E-state index contributed by atoms with van der Waals surface area (Å²) in [7, 11) is 0. The van der Waals surface area contributed by atoms with Gasteiger partial charge >= 0.3 is 0 Å². The molecule has 2 heteroatoms. The third-order valence-corrected chi connectivity index (χ3v) is 4.53. The fraction of sp³-hybridized carbons (Fsp3) is 1.00. The molecule has 16 heavy (non-hydrogen) atoms. The van der Waals surface area contributed by atoms with Gasteiger partial charge in [0.2, 0.25) is 0 Å². The number of halogens is 1. The Kier molecular flexibility index (Phi) is 6.35. The highest BCUT2D eigenvalue weighted by molar-refractivity contribution is 9.09. The van der Waals surface area contributed by atoms with E-state index < -0.39 is 0 Å². The zero-order chi connectivity index (χ0) is 12.0. The predicted molar refractivity (Wildman–Crippen MR) is 74.2 cm³/mol. The van der Waals surface area contributed by atoms with Crippen LogP contribution in [0.3, 0.4) is 0 Å². The van der Waals surface area contributed by atoms with Crippen LogP contribution in [-0.4, -0.2) is 18.0 Å². The SMILES string of the molecule is CC(C)(C)C(CBr)COC1CCCCCC1. The Morgan fingerprint density at radius 1 is 1.12 bits per heavy atom. The molecule has 1 saturated carbocycles. The fourth-order valence-corrected chi connectivity index (χ4v) is 3.34. The lowest BCUT2D eigenvalue weighted by molar-refractivity contribution is 0.00232. The highest BCUT2D eigenvalue weighted by Gasteiger charge is 2.25. The normalized spacial score (nSPS) is 21.8. The summed E-state index contributed by atoms with van der Waals surface area (Å²) in [6, 6.07) is 0. The zero-order valence-electron chi connectivity index (χ0n) is 11.1. The van der Waals surface area contributed by atoms with Crippen LogP contribution in [0.25, 0.3) is 0 Å². The predicted octanol–water partition coefficient (Wildman–Crippen LogP) is 4.78. The summed E-state index contributed by atoms with van der Waals surface area (Å²) in [5, 5.41) is 1.04. The van der Waals surface area contributed by atoms with Crippen molar-refractivity contribution < 1.29 is 4.74 Å². The van der Waals surface area contributed by atoms with Crippen LogP contribution >= 0.6 is 15.9 Å². The van der Waals surface area contributed by atoms with E-state index >= 15 is 0 Å². The van der Waals surface area contributed by atoms with E-state index in [2.05, 4.69) is 36.7 Å². The highest BCUT2D eigenvalue weighted by atomic mass is 79.9. The number of hydrogen-bond acceptors (Lipinski definition) is 1. The molecule has 1 atom stereocenters. The van der Waals surface area contributed by atoms with Crippen molar-refractivity contribution >= 4 is 15.9 Å². The Balaban J connectivity index is 2.30. The molecule has 0 aromatic carbocycles. The quantitative estimate of drug-likeness (QED) is 0.535. The van der Waals surface area contributed by atoms with Gasteiger partial charge in [0.1, 0.15) is 0 Å². The minimum Gasteiger partial charge on any atom is -0.378 e. The molecule has 0 saturated heterocycles. The van der Waals surface area contributed by atoms with Crippen molar-refractivity contribution in [3.05, 3.63) is 0 Å². The van der Waals surface area contributed by atoms with Gasteiger partial charge in [-0.05, 0) is 24.2 Å². The number of alkyl halides is 1. The Bertz CT molecular complexity index is 178. The standard InChI is InChI=1S/C14H27BrO/c1-14(2,3)12(10-15)11-16-13-8-6-4-5-7-9-13/h12-13H,4-11H2,1-3H3. The molecule has 96 valence electrons. The minimum absolute atomic E-state index is 0.341. The Hall–Kier alpha value is 0.440. The summed E-state index contributed by atoms with van der Waals surface area (Å²) in [5.74, 6) is 0.621. The summed E-state index contributed by atoms with van der Waals surface area (Å²) in [4.78, 5) is 0. The van der Waals surface area contributed by atoms with E-state index in [4.69, 9.17) is 4.74 Å². The van der Waals surface area contributed by atoms with Crippen LogP contribution in [0.1, 0.15) is 59.3 Å². The molecule has 0 aromatic rings.